The summed E-state index contributed by atoms with van der Waals surface area (Å²) in [6.45, 7) is 1.21. The molecule has 2 amide bonds. The maximum absolute atomic E-state index is 12.4. The maximum atomic E-state index is 12.4. The van der Waals surface area contributed by atoms with Gasteiger partial charge in [0.2, 0.25) is 5.91 Å². The summed E-state index contributed by atoms with van der Waals surface area (Å²) in [4.78, 5) is 44.2. The van der Waals surface area contributed by atoms with E-state index in [1.165, 1.54) is 4.90 Å². The zero-order valence-corrected chi connectivity index (χ0v) is 15.4. The van der Waals surface area contributed by atoms with Gasteiger partial charge in [-0.15, -0.1) is 0 Å². The fourth-order valence-corrected chi connectivity index (χ4v) is 2.99. The minimum Gasteiger partial charge on any atom is -0.481 e. The van der Waals surface area contributed by atoms with Gasteiger partial charge in [-0.05, 0) is 23.8 Å². The molecule has 28 heavy (non-hydrogen) atoms. The minimum atomic E-state index is -1.05. The Hall–Kier alpha value is -3.56. The molecule has 0 saturated heterocycles. The number of benzene rings is 1. The topological polar surface area (TPSA) is 139 Å². The second-order valence-corrected chi connectivity index (χ2v) is 6.48. The Morgan fingerprint density at radius 1 is 1.36 bits per heavy atom. The number of anilines is 2. The highest BCUT2D eigenvalue weighted by molar-refractivity contribution is 5.95. The molecule has 1 aromatic heterocycles. The van der Waals surface area contributed by atoms with E-state index in [9.17, 15) is 14.4 Å². The minimum absolute atomic E-state index is 0.232. The van der Waals surface area contributed by atoms with Gasteiger partial charge in [-0.1, -0.05) is 0 Å². The van der Waals surface area contributed by atoms with E-state index in [4.69, 9.17) is 5.11 Å². The zero-order valence-electron chi connectivity index (χ0n) is 15.4. The molecule has 0 saturated carbocycles. The van der Waals surface area contributed by atoms with Gasteiger partial charge in [0.15, 0.2) is 5.95 Å². The number of aromatic nitrogens is 2. The Bertz CT molecular complexity index is 867. The average molecular weight is 386 g/mol. The molecular weight excluding hydrogens is 364 g/mol. The first-order valence-electron chi connectivity index (χ1n) is 8.81. The van der Waals surface area contributed by atoms with Crippen molar-refractivity contribution < 1.29 is 19.5 Å². The summed E-state index contributed by atoms with van der Waals surface area (Å²) in [6.07, 6.45) is 3.02. The third-order valence-electron chi connectivity index (χ3n) is 4.36. The van der Waals surface area contributed by atoms with Crippen molar-refractivity contribution in [3.05, 3.63) is 41.7 Å². The molecule has 3 rings (SSSR count). The van der Waals surface area contributed by atoms with Gasteiger partial charge in [0, 0.05) is 50.3 Å². The molecule has 10 heteroatoms. The number of nitrogens with one attached hydrogen (secondary N) is 4. The van der Waals surface area contributed by atoms with Gasteiger partial charge < -0.3 is 30.9 Å². The Balaban J connectivity index is 1.63. The summed E-state index contributed by atoms with van der Waals surface area (Å²) < 4.78 is 0. The van der Waals surface area contributed by atoms with Crippen LogP contribution in [0.15, 0.2) is 30.6 Å². The number of carboxylic acid groups (broad SMARTS) is 1. The van der Waals surface area contributed by atoms with Crippen LogP contribution in [0, 0.1) is 0 Å². The highest BCUT2D eigenvalue weighted by atomic mass is 16.4. The number of nitrogens with zero attached hydrogens (tertiary/aromatic N) is 2. The number of aromatic amines is 1. The molecule has 2 aromatic rings. The van der Waals surface area contributed by atoms with Gasteiger partial charge >= 0.3 is 5.97 Å². The second-order valence-electron chi connectivity index (χ2n) is 6.48. The number of rotatable bonds is 7. The van der Waals surface area contributed by atoms with Crippen molar-refractivity contribution in [2.45, 2.75) is 19.0 Å². The van der Waals surface area contributed by atoms with Gasteiger partial charge in [0.25, 0.3) is 5.91 Å². The number of carboxylic acids is 1. The first kappa shape index (κ1) is 19.2. The van der Waals surface area contributed by atoms with Crippen molar-refractivity contribution in [3.63, 3.8) is 0 Å². The molecule has 5 N–H and O–H groups in total. The summed E-state index contributed by atoms with van der Waals surface area (Å²) in [7, 11) is 1.61. The lowest BCUT2D eigenvalue weighted by atomic mass is 10.1. The number of fused-ring (bicyclic) bond motifs is 1. The van der Waals surface area contributed by atoms with Gasteiger partial charge in [0.05, 0.1) is 6.42 Å². The van der Waals surface area contributed by atoms with Crippen molar-refractivity contribution in [3.8, 4) is 0 Å². The SMILES string of the molecule is CN1Cc2cc(C(=O)NCCNc3ncc[nH]3)ccc2N[C@@H](CC(=O)O)C1=O. The summed E-state index contributed by atoms with van der Waals surface area (Å²) in [5, 5.41) is 17.9. The highest BCUT2D eigenvalue weighted by Gasteiger charge is 2.29. The lowest BCUT2D eigenvalue weighted by molar-refractivity contribution is -0.141. The number of aliphatic carboxylic acids is 1. The molecular formula is C18H22N6O4. The van der Waals surface area contributed by atoms with Crippen molar-refractivity contribution in [2.75, 3.05) is 30.8 Å². The Morgan fingerprint density at radius 3 is 2.89 bits per heavy atom. The van der Waals surface area contributed by atoms with Gasteiger partial charge in [-0.2, -0.15) is 0 Å². The van der Waals surface area contributed by atoms with E-state index in [1.807, 2.05) is 0 Å². The molecule has 10 nitrogen and oxygen atoms in total. The monoisotopic (exact) mass is 386 g/mol. The lowest BCUT2D eigenvalue weighted by Gasteiger charge is -2.19. The Kier molecular flexibility index (Phi) is 5.78. The molecule has 1 aromatic carbocycles. The van der Waals surface area contributed by atoms with Crippen LogP contribution in [-0.2, 0) is 16.1 Å². The van der Waals surface area contributed by atoms with Crippen LogP contribution in [0.3, 0.4) is 0 Å². The molecule has 148 valence electrons. The molecule has 0 radical (unpaired) electrons. The number of hydrogen-bond donors (Lipinski definition) is 5. The van der Waals surface area contributed by atoms with Crippen LogP contribution in [0.25, 0.3) is 0 Å². The van der Waals surface area contributed by atoms with Crippen LogP contribution in [0.4, 0.5) is 11.6 Å². The molecule has 0 fully saturated rings. The van der Waals surface area contributed by atoms with Crippen LogP contribution in [-0.4, -0.2) is 63.9 Å². The molecule has 0 spiro atoms. The van der Waals surface area contributed by atoms with Crippen LogP contribution < -0.4 is 16.0 Å². The first-order chi connectivity index (χ1) is 13.4. The smallest absolute Gasteiger partial charge is 0.305 e. The Morgan fingerprint density at radius 2 is 2.18 bits per heavy atom. The van der Waals surface area contributed by atoms with Gasteiger partial charge in [-0.3, -0.25) is 14.4 Å². The largest absolute Gasteiger partial charge is 0.481 e. The van der Waals surface area contributed by atoms with E-state index in [-0.39, 0.29) is 18.2 Å². The Labute approximate surface area is 161 Å². The molecule has 2 heterocycles. The van der Waals surface area contributed by atoms with Crippen LogP contribution in [0.1, 0.15) is 22.3 Å². The molecule has 0 bridgehead atoms. The van der Waals surface area contributed by atoms with Crippen molar-refractivity contribution in [2.24, 2.45) is 0 Å². The van der Waals surface area contributed by atoms with Crippen LogP contribution in [0.2, 0.25) is 0 Å². The fourth-order valence-electron chi connectivity index (χ4n) is 2.99. The number of H-pyrrole nitrogens is 1. The summed E-state index contributed by atoms with van der Waals surface area (Å²) in [5.41, 5.74) is 1.88. The molecule has 0 unspecified atom stereocenters. The summed E-state index contributed by atoms with van der Waals surface area (Å²) >= 11 is 0. The van der Waals surface area contributed by atoms with E-state index in [1.54, 1.807) is 37.6 Å². The standard InChI is InChI=1S/C18H22N6O4/c1-24-10-12-8-11(16(27)19-4-5-20-18-21-6-7-22-18)2-3-13(12)23-14(17(24)28)9-15(25)26/h2-3,6-8,14,23H,4-5,9-10H2,1H3,(H,19,27)(H,25,26)(H2,20,21,22)/t14-/m0/s1. The quantitative estimate of drug-likeness (QED) is 0.436. The maximum Gasteiger partial charge on any atom is 0.305 e. The third kappa shape index (κ3) is 4.58. The van der Waals surface area contributed by atoms with Crippen molar-refractivity contribution >= 4 is 29.4 Å². The normalized spacial score (nSPS) is 16.0. The summed E-state index contributed by atoms with van der Waals surface area (Å²) in [5.74, 6) is -0.950. The molecule has 1 atom stereocenters. The van der Waals surface area contributed by atoms with Crippen molar-refractivity contribution in [1.82, 2.24) is 20.2 Å². The number of hydrogen-bond acceptors (Lipinski definition) is 6. The van der Waals surface area contributed by atoms with Crippen LogP contribution in [0.5, 0.6) is 0 Å². The number of amides is 2. The highest BCUT2D eigenvalue weighted by Crippen LogP contribution is 2.24. The number of carbonyl (C=O) groups excluding carboxylic acids is 2. The van der Waals surface area contributed by atoms with E-state index < -0.39 is 12.0 Å². The molecule has 1 aliphatic rings. The number of carbonyl (C=O) groups is 3. The molecule has 0 aliphatic carbocycles. The predicted octanol–water partition coefficient (Wildman–Crippen LogP) is 0.479. The zero-order chi connectivity index (χ0) is 20.1. The third-order valence-corrected chi connectivity index (χ3v) is 4.36. The first-order valence-corrected chi connectivity index (χ1v) is 8.81. The van der Waals surface area contributed by atoms with Crippen molar-refractivity contribution in [1.29, 1.82) is 0 Å². The fraction of sp³-hybridized carbons (Fsp3) is 0.333. The number of likely N-dealkylation sites (N-methyl/N-ethyl adjacent to an activating group) is 1. The van der Waals surface area contributed by atoms with E-state index in [0.717, 1.165) is 5.56 Å². The van der Waals surface area contributed by atoms with Gasteiger partial charge in [-0.25, -0.2) is 4.98 Å². The van der Waals surface area contributed by atoms with E-state index in [0.29, 0.717) is 36.8 Å². The predicted molar refractivity (Wildman–Crippen MR) is 102 cm³/mol. The van der Waals surface area contributed by atoms with Crippen LogP contribution >= 0.6 is 0 Å². The van der Waals surface area contributed by atoms with E-state index in [2.05, 4.69) is 25.9 Å². The second kappa shape index (κ2) is 8.42. The summed E-state index contributed by atoms with van der Waals surface area (Å²) in [6, 6.07) is 4.22. The average Bonchev–Trinajstić information content (AvgIpc) is 3.14. The molecule has 1 aliphatic heterocycles. The van der Waals surface area contributed by atoms with Gasteiger partial charge in [0.1, 0.15) is 6.04 Å². The van der Waals surface area contributed by atoms with E-state index >= 15 is 0 Å². The lowest BCUT2D eigenvalue weighted by Crippen LogP contribution is -2.39. The number of imidazole rings is 1.